The van der Waals surface area contributed by atoms with Crippen LogP contribution in [0.3, 0.4) is 0 Å². The minimum absolute atomic E-state index is 0.221. The van der Waals surface area contributed by atoms with Crippen LogP contribution < -0.4 is 14.8 Å². The molecule has 0 fully saturated rings. The first-order valence-corrected chi connectivity index (χ1v) is 10.6. The standard InChI is InChI=1S/C24H24Cl2FNO2/c1-2-29-23-14-18(15-28-12-11-17-7-9-20(27)10-8-17)13-22(26)24(23)30-16-19-5-3-4-6-21(19)25/h3-10,13-14,28H,2,11-12,15-16H2,1H3. The molecule has 30 heavy (non-hydrogen) atoms. The lowest BCUT2D eigenvalue weighted by molar-refractivity contribution is 0.269. The van der Waals surface area contributed by atoms with E-state index in [-0.39, 0.29) is 5.82 Å². The summed E-state index contributed by atoms with van der Waals surface area (Å²) in [6.45, 7) is 4.11. The summed E-state index contributed by atoms with van der Waals surface area (Å²) in [6, 6.07) is 17.9. The van der Waals surface area contributed by atoms with Crippen LogP contribution >= 0.6 is 23.2 Å². The first kappa shape index (κ1) is 22.4. The van der Waals surface area contributed by atoms with Crippen LogP contribution in [0.1, 0.15) is 23.6 Å². The Morgan fingerprint density at radius 3 is 2.40 bits per heavy atom. The van der Waals surface area contributed by atoms with Crippen molar-refractivity contribution in [1.82, 2.24) is 5.32 Å². The molecule has 3 aromatic carbocycles. The molecule has 0 aliphatic rings. The number of hydrogen-bond acceptors (Lipinski definition) is 3. The largest absolute Gasteiger partial charge is 0.490 e. The third kappa shape index (κ3) is 6.36. The smallest absolute Gasteiger partial charge is 0.180 e. The monoisotopic (exact) mass is 447 g/mol. The molecule has 0 aliphatic heterocycles. The predicted molar refractivity (Wildman–Crippen MR) is 120 cm³/mol. The lowest BCUT2D eigenvalue weighted by Gasteiger charge is -2.16. The fourth-order valence-corrected chi connectivity index (χ4v) is 3.49. The Labute approximate surface area is 186 Å². The van der Waals surface area contributed by atoms with Crippen LogP contribution in [0.4, 0.5) is 4.39 Å². The third-order valence-electron chi connectivity index (χ3n) is 4.53. The van der Waals surface area contributed by atoms with Crippen LogP contribution in [-0.4, -0.2) is 13.2 Å². The van der Waals surface area contributed by atoms with E-state index in [1.165, 1.54) is 12.1 Å². The summed E-state index contributed by atoms with van der Waals surface area (Å²) < 4.78 is 24.7. The second kappa shape index (κ2) is 11.2. The molecule has 0 bridgehead atoms. The molecule has 0 amide bonds. The second-order valence-electron chi connectivity index (χ2n) is 6.77. The van der Waals surface area contributed by atoms with E-state index in [1.54, 1.807) is 12.1 Å². The summed E-state index contributed by atoms with van der Waals surface area (Å²) in [5.41, 5.74) is 2.96. The van der Waals surface area contributed by atoms with Crippen molar-refractivity contribution in [3.63, 3.8) is 0 Å². The van der Waals surface area contributed by atoms with Crippen LogP contribution in [0.5, 0.6) is 11.5 Å². The maximum Gasteiger partial charge on any atom is 0.180 e. The van der Waals surface area contributed by atoms with Crippen molar-refractivity contribution in [2.45, 2.75) is 26.5 Å². The Kier molecular flexibility index (Phi) is 8.38. The number of halogens is 3. The molecule has 0 atom stereocenters. The highest BCUT2D eigenvalue weighted by Gasteiger charge is 2.13. The molecule has 0 aromatic heterocycles. The van der Waals surface area contributed by atoms with Crippen molar-refractivity contribution in [1.29, 1.82) is 0 Å². The molecule has 1 N–H and O–H groups in total. The normalized spacial score (nSPS) is 10.8. The van der Waals surface area contributed by atoms with Crippen molar-refractivity contribution < 1.29 is 13.9 Å². The van der Waals surface area contributed by atoms with Gasteiger partial charge in [0.1, 0.15) is 12.4 Å². The summed E-state index contributed by atoms with van der Waals surface area (Å²) in [6.07, 6.45) is 0.811. The van der Waals surface area contributed by atoms with Gasteiger partial charge in [-0.15, -0.1) is 0 Å². The second-order valence-corrected chi connectivity index (χ2v) is 7.59. The van der Waals surface area contributed by atoms with E-state index in [4.69, 9.17) is 32.7 Å². The maximum absolute atomic E-state index is 13.0. The highest BCUT2D eigenvalue weighted by Crippen LogP contribution is 2.37. The SMILES string of the molecule is CCOc1cc(CNCCc2ccc(F)cc2)cc(Cl)c1OCc1ccccc1Cl. The summed E-state index contributed by atoms with van der Waals surface area (Å²) in [5, 5.41) is 4.52. The van der Waals surface area contributed by atoms with E-state index in [1.807, 2.05) is 43.3 Å². The van der Waals surface area contributed by atoms with Crippen LogP contribution in [0, 0.1) is 5.82 Å². The number of ether oxygens (including phenoxy) is 2. The van der Waals surface area contributed by atoms with Crippen LogP contribution in [-0.2, 0) is 19.6 Å². The highest BCUT2D eigenvalue weighted by atomic mass is 35.5. The topological polar surface area (TPSA) is 30.5 Å². The van der Waals surface area contributed by atoms with Gasteiger partial charge in [-0.1, -0.05) is 53.5 Å². The van der Waals surface area contributed by atoms with E-state index in [0.717, 1.165) is 29.7 Å². The summed E-state index contributed by atoms with van der Waals surface area (Å²) in [4.78, 5) is 0. The van der Waals surface area contributed by atoms with Gasteiger partial charge in [-0.25, -0.2) is 4.39 Å². The van der Waals surface area contributed by atoms with Gasteiger partial charge >= 0.3 is 0 Å². The van der Waals surface area contributed by atoms with E-state index >= 15 is 0 Å². The van der Waals surface area contributed by atoms with Gasteiger partial charge in [0.25, 0.3) is 0 Å². The molecule has 0 saturated carbocycles. The number of nitrogens with one attached hydrogen (secondary N) is 1. The number of benzene rings is 3. The van der Waals surface area contributed by atoms with Crippen molar-refractivity contribution >= 4 is 23.2 Å². The average molecular weight is 448 g/mol. The Bertz CT molecular complexity index is 964. The van der Waals surface area contributed by atoms with E-state index < -0.39 is 0 Å². The number of hydrogen-bond donors (Lipinski definition) is 1. The van der Waals surface area contributed by atoms with E-state index in [0.29, 0.717) is 41.3 Å². The summed E-state index contributed by atoms with van der Waals surface area (Å²) in [5.74, 6) is 0.891. The van der Waals surface area contributed by atoms with Gasteiger partial charge in [-0.2, -0.15) is 0 Å². The van der Waals surface area contributed by atoms with Crippen LogP contribution in [0.15, 0.2) is 60.7 Å². The Morgan fingerprint density at radius 2 is 1.67 bits per heavy atom. The first-order valence-electron chi connectivity index (χ1n) is 9.83. The zero-order valence-corrected chi connectivity index (χ0v) is 18.3. The van der Waals surface area contributed by atoms with Gasteiger partial charge < -0.3 is 14.8 Å². The van der Waals surface area contributed by atoms with Crippen molar-refractivity contribution in [3.8, 4) is 11.5 Å². The van der Waals surface area contributed by atoms with Crippen molar-refractivity contribution in [2.24, 2.45) is 0 Å². The van der Waals surface area contributed by atoms with Crippen molar-refractivity contribution in [3.05, 3.63) is 93.2 Å². The Morgan fingerprint density at radius 1 is 0.900 bits per heavy atom. The van der Waals surface area contributed by atoms with Crippen molar-refractivity contribution in [2.75, 3.05) is 13.2 Å². The van der Waals surface area contributed by atoms with Gasteiger partial charge in [-0.3, -0.25) is 0 Å². The van der Waals surface area contributed by atoms with Crippen LogP contribution in [0.2, 0.25) is 10.0 Å². The Balaban J connectivity index is 1.61. The van der Waals surface area contributed by atoms with Gasteiger partial charge in [0.05, 0.1) is 11.6 Å². The molecular weight excluding hydrogens is 424 g/mol. The Hall–Kier alpha value is -2.27. The lowest BCUT2D eigenvalue weighted by atomic mass is 10.1. The minimum atomic E-state index is -0.221. The summed E-state index contributed by atoms with van der Waals surface area (Å²) >= 11 is 12.7. The van der Waals surface area contributed by atoms with Crippen LogP contribution in [0.25, 0.3) is 0 Å². The fraction of sp³-hybridized carbons (Fsp3) is 0.250. The molecule has 0 spiro atoms. The van der Waals surface area contributed by atoms with E-state index in [2.05, 4.69) is 5.32 Å². The first-order chi connectivity index (χ1) is 14.6. The third-order valence-corrected chi connectivity index (χ3v) is 5.18. The molecule has 158 valence electrons. The number of rotatable bonds is 10. The molecule has 6 heteroatoms. The molecular formula is C24H24Cl2FNO2. The molecule has 0 heterocycles. The van der Waals surface area contributed by atoms with Gasteiger partial charge in [0.2, 0.25) is 0 Å². The molecule has 0 aliphatic carbocycles. The fourth-order valence-electron chi connectivity index (χ4n) is 3.01. The summed E-state index contributed by atoms with van der Waals surface area (Å²) in [7, 11) is 0. The molecule has 3 nitrogen and oxygen atoms in total. The lowest BCUT2D eigenvalue weighted by Crippen LogP contribution is -2.17. The predicted octanol–water partition coefficient (Wildman–Crippen LogP) is 6.44. The molecule has 0 radical (unpaired) electrons. The van der Waals surface area contributed by atoms with Gasteiger partial charge in [0.15, 0.2) is 11.5 Å². The molecule has 3 rings (SSSR count). The van der Waals surface area contributed by atoms with Gasteiger partial charge in [-0.05, 0) is 61.3 Å². The average Bonchev–Trinajstić information content (AvgIpc) is 2.73. The highest BCUT2D eigenvalue weighted by molar-refractivity contribution is 6.32. The van der Waals surface area contributed by atoms with E-state index in [9.17, 15) is 4.39 Å². The minimum Gasteiger partial charge on any atom is -0.490 e. The zero-order chi connectivity index (χ0) is 21.3. The van der Waals surface area contributed by atoms with Gasteiger partial charge in [0, 0.05) is 17.1 Å². The molecule has 0 saturated heterocycles. The maximum atomic E-state index is 13.0. The zero-order valence-electron chi connectivity index (χ0n) is 16.8. The molecule has 3 aromatic rings. The quantitative estimate of drug-likeness (QED) is 0.362. The molecule has 0 unspecified atom stereocenters.